The van der Waals surface area contributed by atoms with Crippen LogP contribution in [0, 0.1) is 5.92 Å². The molecular weight excluding hydrogens is 508 g/mol. The van der Waals surface area contributed by atoms with Crippen LogP contribution >= 0.6 is 0 Å². The molecular formula is C27H32N4O8. The zero-order chi connectivity index (χ0) is 28.1. The molecule has 2 fully saturated rings. The summed E-state index contributed by atoms with van der Waals surface area (Å²) >= 11 is 0. The van der Waals surface area contributed by atoms with Gasteiger partial charge in [0.15, 0.2) is 11.7 Å². The standard InChI is InChI=1S/C27H32N4O8/c1-14-23(33)17(13-16-7-4-3-5-8-16)29-25(35)20(30-26(36)21-18(32)9-6-11-28-21)15(2)39-27(37)22(31-24(14)34)19-10-12-38-19/h3-9,11,14-15,17,19-20,22-23,32-33H,10,12-13H2,1-2H3,(H,29,35)(H,30,36)(H,31,34)/t14-,15-,17+,19?,20+,22?,23+/m1/s1. The van der Waals surface area contributed by atoms with E-state index in [9.17, 15) is 29.4 Å². The predicted molar refractivity (Wildman–Crippen MR) is 136 cm³/mol. The highest BCUT2D eigenvalue weighted by atomic mass is 16.6. The van der Waals surface area contributed by atoms with Crippen molar-refractivity contribution in [2.24, 2.45) is 5.92 Å². The van der Waals surface area contributed by atoms with Crippen molar-refractivity contribution < 1.29 is 38.9 Å². The Bertz CT molecular complexity index is 1210. The Hall–Kier alpha value is -4.03. The van der Waals surface area contributed by atoms with Gasteiger partial charge in [-0.1, -0.05) is 37.3 Å². The molecule has 2 aliphatic heterocycles. The van der Waals surface area contributed by atoms with Gasteiger partial charge < -0.3 is 35.6 Å². The van der Waals surface area contributed by atoms with E-state index in [0.717, 1.165) is 5.56 Å². The highest BCUT2D eigenvalue weighted by Gasteiger charge is 2.42. The van der Waals surface area contributed by atoms with Crippen molar-refractivity contribution in [3.63, 3.8) is 0 Å². The number of cyclic esters (lactones) is 1. The minimum atomic E-state index is -1.43. The van der Waals surface area contributed by atoms with Crippen LogP contribution in [0.4, 0.5) is 0 Å². The number of aliphatic hydroxyl groups is 1. The summed E-state index contributed by atoms with van der Waals surface area (Å²) in [6.07, 6.45) is -1.21. The van der Waals surface area contributed by atoms with E-state index in [1.807, 2.05) is 30.3 Å². The van der Waals surface area contributed by atoms with Crippen LogP contribution in [0.5, 0.6) is 5.75 Å². The average molecular weight is 541 g/mol. The molecule has 12 nitrogen and oxygen atoms in total. The second-order valence-corrected chi connectivity index (χ2v) is 9.73. The van der Waals surface area contributed by atoms with Crippen LogP contribution in [0.15, 0.2) is 48.7 Å². The summed E-state index contributed by atoms with van der Waals surface area (Å²) in [6, 6.07) is 8.24. The summed E-state index contributed by atoms with van der Waals surface area (Å²) < 4.78 is 11.0. The molecule has 3 amide bonds. The lowest BCUT2D eigenvalue weighted by Crippen LogP contribution is -2.62. The fourth-order valence-corrected chi connectivity index (χ4v) is 4.51. The number of ether oxygens (including phenoxy) is 2. The van der Waals surface area contributed by atoms with Crippen molar-refractivity contribution in [1.29, 1.82) is 0 Å². The van der Waals surface area contributed by atoms with E-state index in [1.54, 1.807) is 0 Å². The Balaban J connectivity index is 1.67. The lowest BCUT2D eigenvalue weighted by Gasteiger charge is -2.37. The molecule has 0 saturated carbocycles. The molecule has 5 N–H and O–H groups in total. The lowest BCUT2D eigenvalue weighted by molar-refractivity contribution is -0.166. The van der Waals surface area contributed by atoms with Crippen LogP contribution in [-0.4, -0.2) is 81.9 Å². The summed E-state index contributed by atoms with van der Waals surface area (Å²) in [5.41, 5.74) is 0.471. The second kappa shape index (κ2) is 12.2. The number of carbonyl (C=O) groups is 4. The molecule has 1 aromatic heterocycles. The van der Waals surface area contributed by atoms with Crippen LogP contribution in [0.25, 0.3) is 0 Å². The van der Waals surface area contributed by atoms with Crippen LogP contribution in [0.1, 0.15) is 36.3 Å². The Morgan fingerprint density at radius 3 is 2.44 bits per heavy atom. The molecule has 2 aromatic rings. The summed E-state index contributed by atoms with van der Waals surface area (Å²) in [6.45, 7) is 3.32. The smallest absolute Gasteiger partial charge is 0.331 e. The fourth-order valence-electron chi connectivity index (χ4n) is 4.51. The first-order valence-electron chi connectivity index (χ1n) is 12.8. The lowest BCUT2D eigenvalue weighted by atomic mass is 9.91. The number of aromatic hydroxyl groups is 1. The van der Waals surface area contributed by atoms with Crippen molar-refractivity contribution in [2.75, 3.05) is 6.61 Å². The van der Waals surface area contributed by atoms with Gasteiger partial charge in [0, 0.05) is 12.8 Å². The molecule has 208 valence electrons. The predicted octanol–water partition coefficient (Wildman–Crippen LogP) is -0.171. The van der Waals surface area contributed by atoms with E-state index < -0.39 is 71.8 Å². The average Bonchev–Trinajstić information content (AvgIpc) is 2.89. The Morgan fingerprint density at radius 2 is 1.79 bits per heavy atom. The fraction of sp³-hybridized carbons (Fsp3) is 0.444. The number of hydrogen-bond donors (Lipinski definition) is 5. The number of aliphatic hydroxyl groups excluding tert-OH is 1. The van der Waals surface area contributed by atoms with Gasteiger partial charge in [-0.25, -0.2) is 9.78 Å². The number of benzene rings is 1. The van der Waals surface area contributed by atoms with E-state index in [1.165, 1.54) is 32.2 Å². The van der Waals surface area contributed by atoms with Gasteiger partial charge in [0.2, 0.25) is 11.8 Å². The van der Waals surface area contributed by atoms with E-state index in [-0.39, 0.29) is 12.1 Å². The molecule has 0 radical (unpaired) electrons. The van der Waals surface area contributed by atoms with Gasteiger partial charge in [-0.3, -0.25) is 14.4 Å². The number of esters is 1. The normalized spacial score (nSPS) is 29.9. The number of nitrogens with one attached hydrogen (secondary N) is 3. The van der Waals surface area contributed by atoms with Crippen molar-refractivity contribution >= 4 is 23.7 Å². The van der Waals surface area contributed by atoms with Crippen molar-refractivity contribution in [2.45, 2.75) is 63.1 Å². The quantitative estimate of drug-likeness (QED) is 0.322. The maximum atomic E-state index is 13.6. The maximum Gasteiger partial charge on any atom is 0.331 e. The molecule has 0 aliphatic carbocycles. The first-order chi connectivity index (χ1) is 18.7. The molecule has 2 aliphatic rings. The van der Waals surface area contributed by atoms with Gasteiger partial charge in [0.25, 0.3) is 5.91 Å². The largest absolute Gasteiger partial charge is 0.505 e. The van der Waals surface area contributed by atoms with E-state index in [4.69, 9.17) is 9.47 Å². The molecule has 4 rings (SSSR count). The molecule has 2 saturated heterocycles. The molecule has 12 heteroatoms. The summed E-state index contributed by atoms with van der Waals surface area (Å²) in [5, 5.41) is 29.1. The first-order valence-corrected chi connectivity index (χ1v) is 12.8. The molecule has 3 heterocycles. The van der Waals surface area contributed by atoms with Crippen LogP contribution in [-0.2, 0) is 30.3 Å². The number of aromatic nitrogens is 1. The van der Waals surface area contributed by atoms with Crippen LogP contribution in [0.3, 0.4) is 0 Å². The van der Waals surface area contributed by atoms with Gasteiger partial charge in [-0.15, -0.1) is 0 Å². The summed E-state index contributed by atoms with van der Waals surface area (Å²) in [4.78, 5) is 56.6. The highest BCUT2D eigenvalue weighted by molar-refractivity contribution is 5.98. The molecule has 39 heavy (non-hydrogen) atoms. The molecule has 0 spiro atoms. The van der Waals surface area contributed by atoms with Gasteiger partial charge in [-0.2, -0.15) is 0 Å². The van der Waals surface area contributed by atoms with Gasteiger partial charge >= 0.3 is 5.97 Å². The van der Waals surface area contributed by atoms with Crippen molar-refractivity contribution in [3.05, 3.63) is 59.9 Å². The molecule has 2 unspecified atom stereocenters. The number of hydrogen-bond acceptors (Lipinski definition) is 9. The van der Waals surface area contributed by atoms with Crippen molar-refractivity contribution in [1.82, 2.24) is 20.9 Å². The molecule has 0 bridgehead atoms. The third kappa shape index (κ3) is 6.52. The number of carbonyl (C=O) groups excluding carboxylic acids is 4. The summed E-state index contributed by atoms with van der Waals surface area (Å²) in [7, 11) is 0. The zero-order valence-electron chi connectivity index (χ0n) is 21.6. The topological polar surface area (TPSA) is 176 Å². The first kappa shape index (κ1) is 28.0. The van der Waals surface area contributed by atoms with Crippen LogP contribution in [0.2, 0.25) is 0 Å². The summed E-state index contributed by atoms with van der Waals surface area (Å²) in [5.74, 6) is -4.51. The van der Waals surface area contributed by atoms with Gasteiger partial charge in [0.1, 0.15) is 17.9 Å². The minimum Gasteiger partial charge on any atom is -0.505 e. The van der Waals surface area contributed by atoms with Crippen molar-refractivity contribution in [3.8, 4) is 5.75 Å². The molecule has 7 atom stereocenters. The minimum absolute atomic E-state index is 0.177. The van der Waals surface area contributed by atoms with E-state index in [0.29, 0.717) is 13.0 Å². The number of pyridine rings is 1. The van der Waals surface area contributed by atoms with Gasteiger partial charge in [0.05, 0.1) is 24.2 Å². The SMILES string of the molecule is C[C@H]1OC(=O)C(C2CCO2)NC(=O)[C@H](C)[C@H](O)[C@H](Cc2ccccc2)NC(=O)[C@H]1NC(=O)c1ncccc1O. The van der Waals surface area contributed by atoms with E-state index in [2.05, 4.69) is 20.9 Å². The number of amides is 3. The number of rotatable bonds is 5. The number of nitrogens with zero attached hydrogens (tertiary/aromatic N) is 1. The third-order valence-electron chi connectivity index (χ3n) is 6.96. The highest BCUT2D eigenvalue weighted by Crippen LogP contribution is 2.21. The second-order valence-electron chi connectivity index (χ2n) is 9.73. The Kier molecular flexibility index (Phi) is 8.77. The third-order valence-corrected chi connectivity index (χ3v) is 6.96. The molecule has 1 aromatic carbocycles. The van der Waals surface area contributed by atoms with Gasteiger partial charge in [-0.05, 0) is 37.5 Å². The van der Waals surface area contributed by atoms with Crippen LogP contribution < -0.4 is 16.0 Å². The maximum absolute atomic E-state index is 13.6. The monoisotopic (exact) mass is 540 g/mol. The van der Waals surface area contributed by atoms with E-state index >= 15 is 0 Å². The Labute approximate surface area is 225 Å². The zero-order valence-corrected chi connectivity index (χ0v) is 21.6. The Morgan fingerprint density at radius 1 is 1.08 bits per heavy atom.